The van der Waals surface area contributed by atoms with Crippen molar-refractivity contribution in [3.8, 4) is 0 Å². The van der Waals surface area contributed by atoms with Crippen molar-refractivity contribution < 1.29 is 19.1 Å². The Bertz CT molecular complexity index is 995. The van der Waals surface area contributed by atoms with E-state index in [1.165, 1.54) is 0 Å². The van der Waals surface area contributed by atoms with E-state index in [1.807, 2.05) is 6.07 Å². The number of fused-ring (bicyclic) bond motifs is 1. The third kappa shape index (κ3) is 3.04. The first-order valence-corrected chi connectivity index (χ1v) is 10.6. The van der Waals surface area contributed by atoms with Crippen LogP contribution in [0, 0.1) is 23.7 Å². The molecule has 6 nitrogen and oxygen atoms in total. The third-order valence-electron chi connectivity index (χ3n) is 6.25. The zero-order valence-corrected chi connectivity index (χ0v) is 17.0. The summed E-state index contributed by atoms with van der Waals surface area (Å²) in [6, 6.07) is 15.9. The van der Waals surface area contributed by atoms with Gasteiger partial charge in [-0.2, -0.15) is 0 Å². The molecular formula is C22H19BrN2O4. The topological polar surface area (TPSA) is 84.5 Å². The second-order valence-electron chi connectivity index (χ2n) is 7.85. The molecule has 2 saturated carbocycles. The third-order valence-corrected chi connectivity index (χ3v) is 7.45. The highest BCUT2D eigenvalue weighted by Gasteiger charge is 2.67. The number of esters is 1. The summed E-state index contributed by atoms with van der Waals surface area (Å²) in [6.07, 6.45) is 0.737. The summed E-state index contributed by atoms with van der Waals surface area (Å²) in [6.45, 7) is 0. The summed E-state index contributed by atoms with van der Waals surface area (Å²) in [5, 5.41) is 5.76. The van der Waals surface area contributed by atoms with Crippen molar-refractivity contribution in [1.82, 2.24) is 0 Å². The van der Waals surface area contributed by atoms with E-state index in [-0.39, 0.29) is 46.5 Å². The minimum Gasteiger partial charge on any atom is -0.461 e. The molecule has 29 heavy (non-hydrogen) atoms. The zero-order valence-electron chi connectivity index (χ0n) is 15.4. The molecule has 148 valence electrons. The van der Waals surface area contributed by atoms with Crippen LogP contribution >= 0.6 is 15.9 Å². The van der Waals surface area contributed by atoms with Crippen LogP contribution in [0.1, 0.15) is 16.8 Å². The molecule has 1 heterocycles. The van der Waals surface area contributed by atoms with E-state index in [0.717, 1.165) is 6.42 Å². The molecular weight excluding hydrogens is 436 g/mol. The van der Waals surface area contributed by atoms with E-state index in [2.05, 4.69) is 26.6 Å². The van der Waals surface area contributed by atoms with Crippen LogP contribution in [0.4, 0.5) is 11.4 Å². The number of amides is 2. The largest absolute Gasteiger partial charge is 0.461 e. The summed E-state index contributed by atoms with van der Waals surface area (Å²) in [7, 11) is 0. The number of ether oxygens (including phenoxy) is 1. The first-order chi connectivity index (χ1) is 14.0. The number of halogens is 1. The minimum absolute atomic E-state index is 0.0300. The van der Waals surface area contributed by atoms with Gasteiger partial charge >= 0.3 is 5.97 Å². The first-order valence-electron chi connectivity index (χ1n) is 9.65. The number of nitrogens with one attached hydrogen (secondary N) is 2. The Kier molecular flexibility index (Phi) is 4.42. The van der Waals surface area contributed by atoms with Crippen molar-refractivity contribution in [2.24, 2.45) is 23.7 Å². The maximum absolute atomic E-state index is 13.0. The Labute approximate surface area is 176 Å². The lowest BCUT2D eigenvalue weighted by atomic mass is 9.79. The van der Waals surface area contributed by atoms with Crippen LogP contribution in [0.25, 0.3) is 0 Å². The lowest BCUT2D eigenvalue weighted by Gasteiger charge is -2.27. The molecule has 2 aromatic rings. The van der Waals surface area contributed by atoms with Crippen molar-refractivity contribution in [3.63, 3.8) is 0 Å². The van der Waals surface area contributed by atoms with Gasteiger partial charge in [-0.15, -0.1) is 0 Å². The summed E-state index contributed by atoms with van der Waals surface area (Å²) < 4.78 is 5.47. The number of rotatable bonds is 4. The van der Waals surface area contributed by atoms with Crippen molar-refractivity contribution in [1.29, 1.82) is 0 Å². The maximum Gasteiger partial charge on any atom is 0.310 e. The molecule has 5 rings (SSSR count). The van der Waals surface area contributed by atoms with Crippen molar-refractivity contribution in [2.75, 3.05) is 10.6 Å². The van der Waals surface area contributed by atoms with Gasteiger partial charge in [-0.3, -0.25) is 14.4 Å². The highest BCUT2D eigenvalue weighted by atomic mass is 79.9. The Morgan fingerprint density at radius 3 is 2.45 bits per heavy atom. The van der Waals surface area contributed by atoms with Crippen molar-refractivity contribution >= 4 is 45.1 Å². The molecule has 2 N–H and O–H groups in total. The van der Waals surface area contributed by atoms with Gasteiger partial charge < -0.3 is 15.4 Å². The molecule has 0 spiro atoms. The normalized spacial score (nSPS) is 31.4. The minimum atomic E-state index is -0.391. The summed E-state index contributed by atoms with van der Waals surface area (Å²) in [4.78, 5) is 37.6. The van der Waals surface area contributed by atoms with Gasteiger partial charge in [0.1, 0.15) is 6.10 Å². The number of hydrogen-bond acceptors (Lipinski definition) is 4. The highest BCUT2D eigenvalue weighted by molar-refractivity contribution is 9.09. The van der Waals surface area contributed by atoms with Gasteiger partial charge in [0.05, 0.1) is 16.7 Å². The Hall–Kier alpha value is -2.67. The fourth-order valence-electron chi connectivity index (χ4n) is 5.02. The fraction of sp³-hybridized carbons (Fsp3) is 0.318. The number of benzene rings is 2. The highest BCUT2D eigenvalue weighted by Crippen LogP contribution is 2.60. The van der Waals surface area contributed by atoms with Gasteiger partial charge in [-0.05, 0) is 42.7 Å². The van der Waals surface area contributed by atoms with Crippen molar-refractivity contribution in [2.45, 2.75) is 17.4 Å². The molecule has 3 fully saturated rings. The van der Waals surface area contributed by atoms with E-state index in [9.17, 15) is 14.4 Å². The van der Waals surface area contributed by atoms with E-state index in [4.69, 9.17) is 4.74 Å². The SMILES string of the molecule is O=C(Nc1cccc(NC(=O)[C@@H]2[C@H]3C[C@H]4[C@H](OC(=O)[C@H]42)[C@H]3Br)c1)c1ccccc1. The van der Waals surface area contributed by atoms with E-state index >= 15 is 0 Å². The lowest BCUT2D eigenvalue weighted by Crippen LogP contribution is -2.40. The summed E-state index contributed by atoms with van der Waals surface area (Å²) in [5.74, 6) is -1.15. The van der Waals surface area contributed by atoms with Crippen LogP contribution in [0.3, 0.4) is 0 Å². The lowest BCUT2D eigenvalue weighted by molar-refractivity contribution is -0.145. The molecule has 0 aromatic heterocycles. The Morgan fingerprint density at radius 1 is 0.966 bits per heavy atom. The average molecular weight is 455 g/mol. The number of carbonyl (C=O) groups excluding carboxylic acids is 3. The van der Waals surface area contributed by atoms with Crippen LogP contribution in [0.2, 0.25) is 0 Å². The molecule has 2 bridgehead atoms. The Morgan fingerprint density at radius 2 is 1.69 bits per heavy atom. The van der Waals surface area contributed by atoms with E-state index in [0.29, 0.717) is 16.9 Å². The van der Waals surface area contributed by atoms with Crippen LogP contribution < -0.4 is 10.6 Å². The standard InChI is InChI=1S/C22H19BrN2O4/c23-18-14-10-15-17(22(28)29-19(15)18)16(14)21(27)25-13-8-4-7-12(9-13)24-20(26)11-5-2-1-3-6-11/h1-9,14-19H,10H2,(H,24,26)(H,25,27)/t14-,15-,16-,17-,18+,19+/m1/s1. The number of anilines is 2. The average Bonchev–Trinajstić information content (AvgIpc) is 3.33. The molecule has 3 aliphatic rings. The zero-order chi connectivity index (χ0) is 20.1. The van der Waals surface area contributed by atoms with E-state index in [1.54, 1.807) is 48.5 Å². The molecule has 0 unspecified atom stereocenters. The maximum atomic E-state index is 13.0. The second kappa shape index (κ2) is 6.99. The molecule has 1 saturated heterocycles. The predicted molar refractivity (Wildman–Crippen MR) is 111 cm³/mol. The first kappa shape index (κ1) is 18.4. The fourth-order valence-corrected chi connectivity index (χ4v) is 6.07. The summed E-state index contributed by atoms with van der Waals surface area (Å²) in [5.41, 5.74) is 1.72. The molecule has 2 amide bonds. The second-order valence-corrected chi connectivity index (χ2v) is 8.91. The molecule has 6 atom stereocenters. The monoisotopic (exact) mass is 454 g/mol. The van der Waals surface area contributed by atoms with Crippen molar-refractivity contribution in [3.05, 3.63) is 60.2 Å². The predicted octanol–water partition coefficient (Wildman–Crippen LogP) is 3.45. The van der Waals surface area contributed by atoms with Crippen LogP contribution in [0.15, 0.2) is 54.6 Å². The van der Waals surface area contributed by atoms with Crippen LogP contribution in [-0.4, -0.2) is 28.7 Å². The number of alkyl halides is 1. The van der Waals surface area contributed by atoms with Gasteiger partial charge in [-0.1, -0.05) is 40.2 Å². The number of carbonyl (C=O) groups is 3. The number of hydrogen-bond donors (Lipinski definition) is 2. The van der Waals surface area contributed by atoms with Crippen LogP contribution in [-0.2, 0) is 14.3 Å². The molecule has 2 aromatic carbocycles. The van der Waals surface area contributed by atoms with Gasteiger partial charge in [0.15, 0.2) is 0 Å². The van der Waals surface area contributed by atoms with Gasteiger partial charge in [0, 0.05) is 22.9 Å². The molecule has 2 aliphatic carbocycles. The molecule has 0 radical (unpaired) electrons. The molecule has 1 aliphatic heterocycles. The van der Waals surface area contributed by atoms with E-state index < -0.39 is 5.92 Å². The smallest absolute Gasteiger partial charge is 0.310 e. The quantitative estimate of drug-likeness (QED) is 0.547. The van der Waals surface area contributed by atoms with Gasteiger partial charge in [-0.25, -0.2) is 0 Å². The van der Waals surface area contributed by atoms with Gasteiger partial charge in [0.2, 0.25) is 5.91 Å². The summed E-state index contributed by atoms with van der Waals surface area (Å²) >= 11 is 3.63. The van der Waals surface area contributed by atoms with Gasteiger partial charge in [0.25, 0.3) is 5.91 Å². The molecule has 7 heteroatoms. The van der Waals surface area contributed by atoms with Crippen LogP contribution in [0.5, 0.6) is 0 Å². The Balaban J connectivity index is 1.30.